The fraction of sp³-hybridized carbons (Fsp3) is 0.421. The van der Waals surface area contributed by atoms with Crippen LogP contribution in [0, 0.1) is 6.92 Å². The van der Waals surface area contributed by atoms with Crippen LogP contribution in [0.1, 0.15) is 42.7 Å². The summed E-state index contributed by atoms with van der Waals surface area (Å²) in [5.74, 6) is 0.475. The number of carbonyl (C=O) groups is 1. The number of nitrogens with zero attached hydrogens (tertiary/aromatic N) is 3. The third-order valence-corrected chi connectivity index (χ3v) is 4.40. The van der Waals surface area contributed by atoms with Crippen molar-refractivity contribution in [2.45, 2.75) is 39.7 Å². The summed E-state index contributed by atoms with van der Waals surface area (Å²) in [6.45, 7) is 8.18. The highest BCUT2D eigenvalue weighted by molar-refractivity contribution is 6.03. The second-order valence-corrected chi connectivity index (χ2v) is 6.33. The predicted octanol–water partition coefficient (Wildman–Crippen LogP) is 3.46. The smallest absolute Gasteiger partial charge is 0.275 e. The summed E-state index contributed by atoms with van der Waals surface area (Å²) in [5, 5.41) is 6.18. The number of benzene rings is 1. The van der Waals surface area contributed by atoms with Crippen LogP contribution in [0.15, 0.2) is 30.6 Å². The molecule has 0 aliphatic heterocycles. The monoisotopic (exact) mass is 339 g/mol. The van der Waals surface area contributed by atoms with Gasteiger partial charge in [-0.2, -0.15) is 0 Å². The van der Waals surface area contributed by atoms with E-state index in [0.29, 0.717) is 11.7 Å². The van der Waals surface area contributed by atoms with Crippen molar-refractivity contribution in [1.29, 1.82) is 0 Å². The lowest BCUT2D eigenvalue weighted by atomic mass is 10.1. The average molecular weight is 339 g/mol. The number of aromatic nitrogens is 2. The SMILES string of the molecule is CCN(CC)c1ccc(NC(=O)c2cnc(NC3CC3)cn2)c(C)c1. The normalized spacial score (nSPS) is 13.4. The third-order valence-electron chi connectivity index (χ3n) is 4.40. The van der Waals surface area contributed by atoms with Crippen molar-refractivity contribution in [1.82, 2.24) is 9.97 Å². The van der Waals surface area contributed by atoms with Gasteiger partial charge < -0.3 is 15.5 Å². The molecule has 6 nitrogen and oxygen atoms in total. The van der Waals surface area contributed by atoms with Crippen LogP contribution in [0.4, 0.5) is 17.2 Å². The van der Waals surface area contributed by atoms with E-state index >= 15 is 0 Å². The summed E-state index contributed by atoms with van der Waals surface area (Å²) >= 11 is 0. The molecule has 1 saturated carbocycles. The topological polar surface area (TPSA) is 70.2 Å². The maximum Gasteiger partial charge on any atom is 0.275 e. The molecule has 0 radical (unpaired) electrons. The van der Waals surface area contributed by atoms with Crippen molar-refractivity contribution in [3.63, 3.8) is 0 Å². The van der Waals surface area contributed by atoms with Crippen molar-refractivity contribution in [2.24, 2.45) is 0 Å². The minimum Gasteiger partial charge on any atom is -0.372 e. The Balaban J connectivity index is 1.67. The summed E-state index contributed by atoms with van der Waals surface area (Å²) in [6, 6.07) is 6.58. The lowest BCUT2D eigenvalue weighted by Crippen LogP contribution is -2.22. The van der Waals surface area contributed by atoms with Crippen LogP contribution in [0.3, 0.4) is 0 Å². The molecule has 0 unspecified atom stereocenters. The Morgan fingerprint density at radius 1 is 1.20 bits per heavy atom. The van der Waals surface area contributed by atoms with E-state index in [2.05, 4.69) is 45.4 Å². The number of anilines is 3. The molecule has 6 heteroatoms. The molecule has 3 rings (SSSR count). The van der Waals surface area contributed by atoms with Gasteiger partial charge in [0, 0.05) is 30.5 Å². The van der Waals surface area contributed by atoms with Crippen LogP contribution >= 0.6 is 0 Å². The Kier molecular flexibility index (Phi) is 5.16. The first-order chi connectivity index (χ1) is 12.1. The lowest BCUT2D eigenvalue weighted by molar-refractivity contribution is 0.102. The number of aryl methyl sites for hydroxylation is 1. The highest BCUT2D eigenvalue weighted by Gasteiger charge is 2.21. The number of carbonyl (C=O) groups excluding carboxylic acids is 1. The third kappa shape index (κ3) is 4.26. The Bertz CT molecular complexity index is 736. The first-order valence-electron chi connectivity index (χ1n) is 8.86. The zero-order valence-electron chi connectivity index (χ0n) is 15.0. The van der Waals surface area contributed by atoms with E-state index in [9.17, 15) is 4.79 Å². The molecule has 1 aromatic heterocycles. The Morgan fingerprint density at radius 2 is 1.96 bits per heavy atom. The molecule has 0 atom stereocenters. The van der Waals surface area contributed by atoms with Gasteiger partial charge in [-0.3, -0.25) is 4.79 Å². The molecule has 1 fully saturated rings. The molecular formula is C19H25N5O. The zero-order valence-corrected chi connectivity index (χ0v) is 15.0. The zero-order chi connectivity index (χ0) is 17.8. The van der Waals surface area contributed by atoms with E-state index in [0.717, 1.165) is 35.8 Å². The van der Waals surface area contributed by atoms with Gasteiger partial charge >= 0.3 is 0 Å². The highest BCUT2D eigenvalue weighted by atomic mass is 16.1. The largest absolute Gasteiger partial charge is 0.372 e. The van der Waals surface area contributed by atoms with Gasteiger partial charge in [0.05, 0.1) is 12.4 Å². The van der Waals surface area contributed by atoms with Gasteiger partial charge in [-0.1, -0.05) is 0 Å². The fourth-order valence-electron chi connectivity index (χ4n) is 2.72. The molecule has 1 amide bonds. The van der Waals surface area contributed by atoms with Crippen molar-refractivity contribution in [3.05, 3.63) is 41.9 Å². The first-order valence-corrected chi connectivity index (χ1v) is 8.86. The highest BCUT2D eigenvalue weighted by Crippen LogP contribution is 2.24. The molecule has 0 bridgehead atoms. The molecule has 25 heavy (non-hydrogen) atoms. The number of nitrogens with one attached hydrogen (secondary N) is 2. The van der Waals surface area contributed by atoms with Crippen LogP contribution in [0.25, 0.3) is 0 Å². The summed E-state index contributed by atoms with van der Waals surface area (Å²) in [6.07, 6.45) is 5.47. The second kappa shape index (κ2) is 7.51. The van der Waals surface area contributed by atoms with E-state index in [4.69, 9.17) is 0 Å². The standard InChI is InChI=1S/C19H25N5O/c1-4-24(5-2)15-8-9-16(13(3)10-15)23-19(25)17-11-21-18(12-20-17)22-14-6-7-14/h8-12,14H,4-7H2,1-3H3,(H,21,22)(H,23,25). The van der Waals surface area contributed by atoms with Crippen molar-refractivity contribution in [3.8, 4) is 0 Å². The Hall–Kier alpha value is -2.63. The summed E-state index contributed by atoms with van der Waals surface area (Å²) in [4.78, 5) is 23.1. The Morgan fingerprint density at radius 3 is 2.52 bits per heavy atom. The van der Waals surface area contributed by atoms with Crippen molar-refractivity contribution < 1.29 is 4.79 Å². The minimum atomic E-state index is -0.246. The molecule has 2 aromatic rings. The minimum absolute atomic E-state index is 0.246. The van der Waals surface area contributed by atoms with E-state index in [1.807, 2.05) is 19.1 Å². The maximum absolute atomic E-state index is 12.4. The van der Waals surface area contributed by atoms with Gasteiger partial charge in [-0.05, 0) is 57.4 Å². The summed E-state index contributed by atoms with van der Waals surface area (Å²) in [7, 11) is 0. The summed E-state index contributed by atoms with van der Waals surface area (Å²) < 4.78 is 0. The first kappa shape index (κ1) is 17.2. The number of amides is 1. The van der Waals surface area contributed by atoms with Gasteiger partial charge in [0.15, 0.2) is 0 Å². The predicted molar refractivity (Wildman–Crippen MR) is 101 cm³/mol. The van der Waals surface area contributed by atoms with Gasteiger partial charge in [0.1, 0.15) is 11.5 Å². The molecule has 132 valence electrons. The molecule has 0 saturated heterocycles. The maximum atomic E-state index is 12.4. The van der Waals surface area contributed by atoms with E-state index in [-0.39, 0.29) is 5.91 Å². The van der Waals surface area contributed by atoms with Crippen LogP contribution < -0.4 is 15.5 Å². The van der Waals surface area contributed by atoms with Gasteiger partial charge in [-0.25, -0.2) is 9.97 Å². The van der Waals surface area contributed by atoms with Crippen LogP contribution in [0.5, 0.6) is 0 Å². The second-order valence-electron chi connectivity index (χ2n) is 6.33. The fourth-order valence-corrected chi connectivity index (χ4v) is 2.72. The van der Waals surface area contributed by atoms with Gasteiger partial charge in [0.2, 0.25) is 0 Å². The van der Waals surface area contributed by atoms with Gasteiger partial charge in [-0.15, -0.1) is 0 Å². The molecule has 2 N–H and O–H groups in total. The average Bonchev–Trinajstić information content (AvgIpc) is 3.43. The molecule has 1 heterocycles. The summed E-state index contributed by atoms with van der Waals surface area (Å²) in [5.41, 5.74) is 3.30. The number of hydrogen-bond donors (Lipinski definition) is 2. The number of rotatable bonds is 7. The van der Waals surface area contributed by atoms with Crippen LogP contribution in [-0.2, 0) is 0 Å². The molecule has 1 aliphatic rings. The number of hydrogen-bond acceptors (Lipinski definition) is 5. The van der Waals surface area contributed by atoms with Crippen LogP contribution in [-0.4, -0.2) is 35.0 Å². The van der Waals surface area contributed by atoms with Crippen LogP contribution in [0.2, 0.25) is 0 Å². The lowest BCUT2D eigenvalue weighted by Gasteiger charge is -2.22. The Labute approximate surface area is 148 Å². The molecular weight excluding hydrogens is 314 g/mol. The molecule has 1 aromatic carbocycles. The van der Waals surface area contributed by atoms with Crippen molar-refractivity contribution >= 4 is 23.1 Å². The molecule has 0 spiro atoms. The van der Waals surface area contributed by atoms with E-state index in [1.165, 1.54) is 19.0 Å². The van der Waals surface area contributed by atoms with E-state index in [1.54, 1.807) is 6.20 Å². The quantitative estimate of drug-likeness (QED) is 0.808. The van der Waals surface area contributed by atoms with Gasteiger partial charge in [0.25, 0.3) is 5.91 Å². The van der Waals surface area contributed by atoms with E-state index < -0.39 is 0 Å². The van der Waals surface area contributed by atoms with Crippen molar-refractivity contribution in [2.75, 3.05) is 28.6 Å². The molecule has 1 aliphatic carbocycles.